The lowest BCUT2D eigenvalue weighted by Crippen LogP contribution is -2.34. The molecule has 0 aliphatic heterocycles. The van der Waals surface area contributed by atoms with Crippen molar-refractivity contribution in [1.29, 1.82) is 0 Å². The smallest absolute Gasteiger partial charge is 0.257 e. The second-order valence-corrected chi connectivity index (χ2v) is 6.68. The predicted octanol–water partition coefficient (Wildman–Crippen LogP) is 4.24. The van der Waals surface area contributed by atoms with Gasteiger partial charge in [-0.25, -0.2) is 0 Å². The Balaban J connectivity index is 2.86. The Hall–Kier alpha value is -1.51. The minimum Gasteiger partial charge on any atom is -0.507 e. The van der Waals surface area contributed by atoms with Crippen LogP contribution >= 0.6 is 0 Å². The molecule has 3 nitrogen and oxygen atoms in total. The molecule has 0 bridgehead atoms. The molecule has 0 unspecified atom stereocenters. The fraction of sp³-hybridized carbons (Fsp3) is 0.611. The molecule has 0 atom stereocenters. The molecule has 1 aromatic rings. The zero-order chi connectivity index (χ0) is 16.0. The van der Waals surface area contributed by atoms with Gasteiger partial charge in [-0.2, -0.15) is 0 Å². The molecule has 0 fully saturated rings. The third-order valence-corrected chi connectivity index (χ3v) is 3.62. The Bertz CT molecular complexity index is 454. The van der Waals surface area contributed by atoms with Gasteiger partial charge in [-0.15, -0.1) is 0 Å². The van der Waals surface area contributed by atoms with Crippen molar-refractivity contribution in [1.82, 2.24) is 4.90 Å². The van der Waals surface area contributed by atoms with Gasteiger partial charge in [0.05, 0.1) is 5.56 Å². The molecule has 1 amide bonds. The van der Waals surface area contributed by atoms with Crippen LogP contribution in [0, 0.1) is 18.8 Å². The number of amides is 1. The van der Waals surface area contributed by atoms with Crippen LogP contribution in [0.4, 0.5) is 0 Å². The van der Waals surface area contributed by atoms with Crippen molar-refractivity contribution in [3.8, 4) is 5.75 Å². The molecule has 0 radical (unpaired) electrons. The van der Waals surface area contributed by atoms with E-state index in [4.69, 9.17) is 0 Å². The van der Waals surface area contributed by atoms with E-state index in [2.05, 4.69) is 27.7 Å². The van der Waals surface area contributed by atoms with Crippen molar-refractivity contribution in [3.05, 3.63) is 29.3 Å². The zero-order valence-electron chi connectivity index (χ0n) is 14.0. The van der Waals surface area contributed by atoms with E-state index >= 15 is 0 Å². The normalized spacial score (nSPS) is 11.2. The lowest BCUT2D eigenvalue weighted by molar-refractivity contribution is 0.0738. The van der Waals surface area contributed by atoms with Crippen LogP contribution < -0.4 is 0 Å². The summed E-state index contributed by atoms with van der Waals surface area (Å²) in [5.74, 6) is 1.14. The standard InChI is InChI=1S/C18H29NO2/c1-13(2)8-10-19(11-9-14(3)4)18(21)16-7-6-15(5)12-17(16)20/h6-7,12-14,20H,8-11H2,1-5H3. The number of aromatic hydroxyl groups is 1. The molecule has 1 aromatic carbocycles. The number of benzene rings is 1. The second-order valence-electron chi connectivity index (χ2n) is 6.68. The molecule has 0 aliphatic rings. The molecule has 21 heavy (non-hydrogen) atoms. The quantitative estimate of drug-likeness (QED) is 0.816. The van der Waals surface area contributed by atoms with Gasteiger partial charge in [0.25, 0.3) is 5.91 Å². The molecule has 0 spiro atoms. The summed E-state index contributed by atoms with van der Waals surface area (Å²) in [6.07, 6.45) is 1.97. The topological polar surface area (TPSA) is 40.5 Å². The number of phenolic OH excluding ortho intramolecular Hbond substituents is 1. The molecule has 1 N–H and O–H groups in total. The summed E-state index contributed by atoms with van der Waals surface area (Å²) in [5.41, 5.74) is 1.37. The van der Waals surface area contributed by atoms with E-state index in [1.165, 1.54) is 0 Å². The molecule has 0 aromatic heterocycles. The number of carbonyl (C=O) groups is 1. The van der Waals surface area contributed by atoms with Gasteiger partial charge in [-0.3, -0.25) is 4.79 Å². The van der Waals surface area contributed by atoms with Crippen molar-refractivity contribution >= 4 is 5.91 Å². The number of phenols is 1. The summed E-state index contributed by atoms with van der Waals surface area (Å²) >= 11 is 0. The second kappa shape index (κ2) is 8.06. The highest BCUT2D eigenvalue weighted by Crippen LogP contribution is 2.21. The SMILES string of the molecule is Cc1ccc(C(=O)N(CCC(C)C)CCC(C)C)c(O)c1. The summed E-state index contributed by atoms with van der Waals surface area (Å²) in [7, 11) is 0. The van der Waals surface area contributed by atoms with Crippen molar-refractivity contribution < 1.29 is 9.90 Å². The Morgan fingerprint density at radius 2 is 1.62 bits per heavy atom. The molecule has 1 rings (SSSR count). The fourth-order valence-corrected chi connectivity index (χ4v) is 2.14. The van der Waals surface area contributed by atoms with E-state index in [0.29, 0.717) is 17.4 Å². The van der Waals surface area contributed by atoms with Crippen molar-refractivity contribution in [2.24, 2.45) is 11.8 Å². The highest BCUT2D eigenvalue weighted by Gasteiger charge is 2.19. The first-order valence-electron chi connectivity index (χ1n) is 7.90. The highest BCUT2D eigenvalue weighted by atomic mass is 16.3. The van der Waals surface area contributed by atoms with Crippen molar-refractivity contribution in [2.75, 3.05) is 13.1 Å². The van der Waals surface area contributed by atoms with Gasteiger partial charge in [-0.1, -0.05) is 33.8 Å². The van der Waals surface area contributed by atoms with Gasteiger partial charge in [-0.05, 0) is 49.3 Å². The maximum Gasteiger partial charge on any atom is 0.257 e. The number of hydrogen-bond donors (Lipinski definition) is 1. The van der Waals surface area contributed by atoms with Gasteiger partial charge in [0, 0.05) is 13.1 Å². The van der Waals surface area contributed by atoms with Gasteiger partial charge >= 0.3 is 0 Å². The maximum absolute atomic E-state index is 12.7. The average molecular weight is 291 g/mol. The van der Waals surface area contributed by atoms with Crippen LogP contribution in [0.2, 0.25) is 0 Å². The molecular weight excluding hydrogens is 262 g/mol. The summed E-state index contributed by atoms with van der Waals surface area (Å²) in [4.78, 5) is 14.5. The van der Waals surface area contributed by atoms with Crippen molar-refractivity contribution in [3.63, 3.8) is 0 Å². The van der Waals surface area contributed by atoms with E-state index in [9.17, 15) is 9.90 Å². The van der Waals surface area contributed by atoms with Crippen LogP contribution in [0.25, 0.3) is 0 Å². The van der Waals surface area contributed by atoms with Crippen LogP contribution in [0.15, 0.2) is 18.2 Å². The van der Waals surface area contributed by atoms with Gasteiger partial charge in [0.1, 0.15) is 5.75 Å². The fourth-order valence-electron chi connectivity index (χ4n) is 2.14. The van der Waals surface area contributed by atoms with E-state index in [-0.39, 0.29) is 11.7 Å². The van der Waals surface area contributed by atoms with Gasteiger partial charge < -0.3 is 10.0 Å². The van der Waals surface area contributed by atoms with Gasteiger partial charge in [0.2, 0.25) is 0 Å². The predicted molar refractivity (Wildman–Crippen MR) is 87.7 cm³/mol. The lowest BCUT2D eigenvalue weighted by Gasteiger charge is -2.25. The van der Waals surface area contributed by atoms with Crippen LogP contribution in [0.3, 0.4) is 0 Å². The number of nitrogens with zero attached hydrogens (tertiary/aromatic N) is 1. The van der Waals surface area contributed by atoms with Gasteiger partial charge in [0.15, 0.2) is 0 Å². The third kappa shape index (κ3) is 5.78. The average Bonchev–Trinajstić information content (AvgIpc) is 2.37. The van der Waals surface area contributed by atoms with Crippen LogP contribution in [0.5, 0.6) is 5.75 Å². The summed E-state index contributed by atoms with van der Waals surface area (Å²) in [6.45, 7) is 12.0. The van der Waals surface area contributed by atoms with E-state index in [1.54, 1.807) is 12.1 Å². The third-order valence-electron chi connectivity index (χ3n) is 3.62. The number of hydrogen-bond acceptors (Lipinski definition) is 2. The Labute approximate surface area is 129 Å². The zero-order valence-corrected chi connectivity index (χ0v) is 14.0. The molecular formula is C18H29NO2. The summed E-state index contributed by atoms with van der Waals surface area (Å²) < 4.78 is 0. The maximum atomic E-state index is 12.7. The first kappa shape index (κ1) is 17.5. The molecule has 0 heterocycles. The highest BCUT2D eigenvalue weighted by molar-refractivity contribution is 5.96. The summed E-state index contributed by atoms with van der Waals surface area (Å²) in [6, 6.07) is 5.25. The molecule has 3 heteroatoms. The minimum atomic E-state index is -0.0613. The van der Waals surface area contributed by atoms with Crippen LogP contribution in [-0.2, 0) is 0 Å². The molecule has 0 saturated carbocycles. The Morgan fingerprint density at radius 3 is 2.05 bits per heavy atom. The number of carbonyl (C=O) groups excluding carboxylic acids is 1. The molecule has 0 saturated heterocycles. The van der Waals surface area contributed by atoms with E-state index in [1.807, 2.05) is 17.9 Å². The monoisotopic (exact) mass is 291 g/mol. The lowest BCUT2D eigenvalue weighted by atomic mass is 10.1. The number of rotatable bonds is 7. The van der Waals surface area contributed by atoms with Crippen LogP contribution in [-0.4, -0.2) is 29.0 Å². The van der Waals surface area contributed by atoms with E-state index < -0.39 is 0 Å². The molecule has 0 aliphatic carbocycles. The summed E-state index contributed by atoms with van der Waals surface area (Å²) in [5, 5.41) is 10.0. The first-order chi connectivity index (χ1) is 9.81. The Kier molecular flexibility index (Phi) is 6.73. The Morgan fingerprint density at radius 1 is 1.10 bits per heavy atom. The molecule has 118 valence electrons. The van der Waals surface area contributed by atoms with Crippen LogP contribution in [0.1, 0.15) is 56.5 Å². The van der Waals surface area contributed by atoms with E-state index in [0.717, 1.165) is 31.5 Å². The minimum absolute atomic E-state index is 0.0613. The number of aryl methyl sites for hydroxylation is 1. The first-order valence-corrected chi connectivity index (χ1v) is 7.90. The largest absolute Gasteiger partial charge is 0.507 e. The van der Waals surface area contributed by atoms with Crippen molar-refractivity contribution in [2.45, 2.75) is 47.5 Å².